The van der Waals surface area contributed by atoms with E-state index in [1.807, 2.05) is 44.2 Å². The summed E-state index contributed by atoms with van der Waals surface area (Å²) in [5.41, 5.74) is 4.01. The van der Waals surface area contributed by atoms with Crippen LogP contribution in [0.25, 0.3) is 10.9 Å². The van der Waals surface area contributed by atoms with E-state index in [0.717, 1.165) is 61.3 Å². The SMILES string of the molecule is COc1ccccc1NC(=O)N(CCCN1CCOCC1)Cc1cc2ccc(C)c(C)c2[nH]c1=O. The first kappa shape index (κ1) is 24.8. The highest BCUT2D eigenvalue weighted by molar-refractivity contribution is 5.91. The maximum atomic E-state index is 13.4. The molecular formula is C27H34N4O4. The van der Waals surface area contributed by atoms with E-state index < -0.39 is 0 Å². The van der Waals surface area contributed by atoms with Crippen LogP contribution < -0.4 is 15.6 Å². The number of rotatable bonds is 8. The highest BCUT2D eigenvalue weighted by atomic mass is 16.5. The van der Waals surface area contributed by atoms with E-state index in [4.69, 9.17) is 9.47 Å². The molecule has 35 heavy (non-hydrogen) atoms. The molecule has 3 aromatic rings. The zero-order valence-corrected chi connectivity index (χ0v) is 20.7. The Balaban J connectivity index is 1.55. The summed E-state index contributed by atoms with van der Waals surface area (Å²) in [5, 5.41) is 3.92. The summed E-state index contributed by atoms with van der Waals surface area (Å²) >= 11 is 0. The largest absolute Gasteiger partial charge is 0.495 e. The molecule has 0 bridgehead atoms. The number of carbonyl (C=O) groups excluding carboxylic acids is 1. The Morgan fingerprint density at radius 2 is 1.94 bits per heavy atom. The summed E-state index contributed by atoms with van der Waals surface area (Å²) in [6.45, 7) is 8.91. The summed E-state index contributed by atoms with van der Waals surface area (Å²) < 4.78 is 10.8. The number of anilines is 1. The molecule has 1 fully saturated rings. The lowest BCUT2D eigenvalue weighted by Crippen LogP contribution is -2.40. The molecule has 2 N–H and O–H groups in total. The number of morpholine rings is 1. The van der Waals surface area contributed by atoms with Gasteiger partial charge in [-0.15, -0.1) is 0 Å². The number of H-pyrrole nitrogens is 1. The third-order valence-corrected chi connectivity index (χ3v) is 6.63. The number of urea groups is 1. The number of methoxy groups -OCH3 is 1. The molecule has 0 radical (unpaired) electrons. The van der Waals surface area contributed by atoms with E-state index in [9.17, 15) is 9.59 Å². The molecule has 4 rings (SSSR count). The van der Waals surface area contributed by atoms with E-state index in [2.05, 4.69) is 15.2 Å². The Morgan fingerprint density at radius 1 is 1.17 bits per heavy atom. The second-order valence-corrected chi connectivity index (χ2v) is 8.95. The van der Waals surface area contributed by atoms with Gasteiger partial charge in [0.1, 0.15) is 5.75 Å². The molecule has 2 heterocycles. The van der Waals surface area contributed by atoms with E-state index in [0.29, 0.717) is 23.5 Å². The number of nitrogens with one attached hydrogen (secondary N) is 2. The number of benzene rings is 2. The van der Waals surface area contributed by atoms with Crippen molar-refractivity contribution in [3.63, 3.8) is 0 Å². The molecule has 1 aliphatic rings. The normalized spacial score (nSPS) is 14.1. The van der Waals surface area contributed by atoms with E-state index in [1.165, 1.54) is 0 Å². The zero-order chi connectivity index (χ0) is 24.8. The van der Waals surface area contributed by atoms with Gasteiger partial charge in [-0.05, 0) is 55.0 Å². The van der Waals surface area contributed by atoms with Crippen molar-refractivity contribution in [2.45, 2.75) is 26.8 Å². The summed E-state index contributed by atoms with van der Waals surface area (Å²) in [6.07, 6.45) is 0.795. The number of aromatic amines is 1. The standard InChI is InChI=1S/C27H34N4O4/c1-19-9-10-21-17-22(26(32)29-25(21)20(19)2)18-31(12-6-11-30-13-15-35-16-14-30)27(33)28-23-7-4-5-8-24(23)34-3/h4-5,7-10,17H,6,11-16,18H2,1-3H3,(H,28,33)(H,29,32). The zero-order valence-electron chi connectivity index (χ0n) is 20.7. The van der Waals surface area contributed by atoms with Gasteiger partial charge in [0.2, 0.25) is 0 Å². The van der Waals surface area contributed by atoms with Crippen molar-refractivity contribution in [3.05, 3.63) is 69.5 Å². The van der Waals surface area contributed by atoms with Crippen LogP contribution in [0.4, 0.5) is 10.5 Å². The van der Waals surface area contributed by atoms with Crippen molar-refractivity contribution in [2.75, 3.05) is 51.8 Å². The van der Waals surface area contributed by atoms with Gasteiger partial charge in [0, 0.05) is 31.7 Å². The molecular weight excluding hydrogens is 444 g/mol. The lowest BCUT2D eigenvalue weighted by Gasteiger charge is -2.28. The van der Waals surface area contributed by atoms with Crippen molar-refractivity contribution in [1.82, 2.24) is 14.8 Å². The molecule has 2 aromatic carbocycles. The Hall–Kier alpha value is -3.36. The van der Waals surface area contributed by atoms with Crippen molar-refractivity contribution in [2.24, 2.45) is 0 Å². The van der Waals surface area contributed by atoms with Crippen molar-refractivity contribution >= 4 is 22.6 Å². The minimum Gasteiger partial charge on any atom is -0.495 e. The molecule has 0 atom stereocenters. The number of hydrogen-bond acceptors (Lipinski definition) is 5. The monoisotopic (exact) mass is 478 g/mol. The van der Waals surface area contributed by atoms with Crippen LogP contribution in [0.15, 0.2) is 47.3 Å². The molecule has 0 unspecified atom stereocenters. The van der Waals surface area contributed by atoms with Gasteiger partial charge in [0.25, 0.3) is 5.56 Å². The number of fused-ring (bicyclic) bond motifs is 1. The minimum atomic E-state index is -0.268. The van der Waals surface area contributed by atoms with Gasteiger partial charge in [0.05, 0.1) is 38.1 Å². The number of amides is 2. The smallest absolute Gasteiger partial charge is 0.322 e. The van der Waals surface area contributed by atoms with Crippen LogP contribution >= 0.6 is 0 Å². The van der Waals surface area contributed by atoms with Crippen LogP contribution in [0.1, 0.15) is 23.1 Å². The average molecular weight is 479 g/mol. The van der Waals surface area contributed by atoms with Crippen molar-refractivity contribution in [1.29, 1.82) is 0 Å². The van der Waals surface area contributed by atoms with Crippen molar-refractivity contribution < 1.29 is 14.3 Å². The Bertz CT molecular complexity index is 1230. The van der Waals surface area contributed by atoms with E-state index >= 15 is 0 Å². The van der Waals surface area contributed by atoms with Crippen LogP contribution in [0.5, 0.6) is 5.75 Å². The first-order valence-electron chi connectivity index (χ1n) is 12.1. The quantitative estimate of drug-likeness (QED) is 0.513. The number of ether oxygens (including phenoxy) is 2. The molecule has 0 spiro atoms. The van der Waals surface area contributed by atoms with E-state index in [-0.39, 0.29) is 18.1 Å². The van der Waals surface area contributed by atoms with Gasteiger partial charge in [0.15, 0.2) is 0 Å². The third-order valence-electron chi connectivity index (χ3n) is 6.63. The van der Waals surface area contributed by atoms with Crippen molar-refractivity contribution in [3.8, 4) is 5.75 Å². The van der Waals surface area contributed by atoms with Crippen LogP contribution in [0.3, 0.4) is 0 Å². The van der Waals surface area contributed by atoms with Crippen LogP contribution in [0, 0.1) is 13.8 Å². The highest BCUT2D eigenvalue weighted by Gasteiger charge is 2.19. The Labute approximate surface area is 205 Å². The Kier molecular flexibility index (Phi) is 8.05. The van der Waals surface area contributed by atoms with Crippen LogP contribution in [-0.2, 0) is 11.3 Å². The van der Waals surface area contributed by atoms with Gasteiger partial charge in [-0.25, -0.2) is 4.79 Å². The molecule has 8 nitrogen and oxygen atoms in total. The maximum absolute atomic E-state index is 13.4. The second kappa shape index (κ2) is 11.4. The molecule has 2 amide bonds. The molecule has 186 valence electrons. The first-order chi connectivity index (χ1) is 17.0. The second-order valence-electron chi connectivity index (χ2n) is 8.95. The molecule has 1 aromatic heterocycles. The topological polar surface area (TPSA) is 86.9 Å². The van der Waals surface area contributed by atoms with Gasteiger partial charge in [-0.3, -0.25) is 9.69 Å². The molecule has 1 aliphatic heterocycles. The lowest BCUT2D eigenvalue weighted by molar-refractivity contribution is 0.0365. The minimum absolute atomic E-state index is 0.172. The molecule has 1 saturated heterocycles. The first-order valence-corrected chi connectivity index (χ1v) is 12.1. The number of para-hydroxylation sites is 2. The predicted molar refractivity (Wildman–Crippen MR) is 138 cm³/mol. The van der Waals surface area contributed by atoms with Crippen LogP contribution in [-0.4, -0.2) is 67.3 Å². The van der Waals surface area contributed by atoms with E-state index in [1.54, 1.807) is 24.1 Å². The molecule has 8 heteroatoms. The number of pyridine rings is 1. The number of nitrogens with zero attached hydrogens (tertiary/aromatic N) is 2. The molecule has 0 saturated carbocycles. The summed E-state index contributed by atoms with van der Waals surface area (Å²) in [6, 6.07) is 13.0. The van der Waals surface area contributed by atoms with Gasteiger partial charge < -0.3 is 24.7 Å². The maximum Gasteiger partial charge on any atom is 0.322 e. The fourth-order valence-corrected chi connectivity index (χ4v) is 4.40. The fourth-order valence-electron chi connectivity index (χ4n) is 4.40. The van der Waals surface area contributed by atoms with Gasteiger partial charge in [-0.1, -0.05) is 24.3 Å². The number of aryl methyl sites for hydroxylation is 2. The third kappa shape index (κ3) is 6.01. The lowest BCUT2D eigenvalue weighted by atomic mass is 10.0. The average Bonchev–Trinajstić information content (AvgIpc) is 2.87. The number of hydrogen-bond donors (Lipinski definition) is 2. The van der Waals surface area contributed by atoms with Crippen LogP contribution in [0.2, 0.25) is 0 Å². The summed E-state index contributed by atoms with van der Waals surface area (Å²) in [7, 11) is 1.57. The van der Waals surface area contributed by atoms with Gasteiger partial charge >= 0.3 is 6.03 Å². The number of carbonyl (C=O) groups is 1. The fraction of sp³-hybridized carbons (Fsp3) is 0.407. The number of aromatic nitrogens is 1. The predicted octanol–water partition coefficient (Wildman–Crippen LogP) is 3.91. The highest BCUT2D eigenvalue weighted by Crippen LogP contribution is 2.24. The van der Waals surface area contributed by atoms with Gasteiger partial charge in [-0.2, -0.15) is 0 Å². The molecule has 0 aliphatic carbocycles. The Morgan fingerprint density at radius 3 is 2.71 bits per heavy atom. The summed E-state index contributed by atoms with van der Waals surface area (Å²) in [5.74, 6) is 0.587. The summed E-state index contributed by atoms with van der Waals surface area (Å²) in [4.78, 5) is 33.4.